The van der Waals surface area contributed by atoms with E-state index in [-0.39, 0.29) is 13.2 Å². The van der Waals surface area contributed by atoms with Crippen LogP contribution in [-0.4, -0.2) is 30.8 Å². The summed E-state index contributed by atoms with van der Waals surface area (Å²) < 4.78 is 16.9. The lowest BCUT2D eigenvalue weighted by molar-refractivity contribution is 0.0450. The van der Waals surface area contributed by atoms with Gasteiger partial charge in [0.25, 0.3) is 0 Å². The minimum Gasteiger partial charge on any atom is -0.494 e. The second-order valence-electron chi connectivity index (χ2n) is 4.70. The lowest BCUT2D eigenvalue weighted by Crippen LogP contribution is -2.12. The summed E-state index contributed by atoms with van der Waals surface area (Å²) in [4.78, 5) is 15.7. The molecule has 0 aliphatic rings. The number of halogens is 1. The van der Waals surface area contributed by atoms with E-state index >= 15 is 0 Å². The zero-order chi connectivity index (χ0) is 16.5. The van der Waals surface area contributed by atoms with Crippen LogP contribution in [0.4, 0.5) is 0 Å². The molecule has 0 saturated heterocycles. The predicted molar refractivity (Wildman–Crippen MR) is 89.9 cm³/mol. The highest BCUT2D eigenvalue weighted by molar-refractivity contribution is 9.10. The molecule has 5 nitrogen and oxygen atoms in total. The third kappa shape index (κ3) is 5.90. The average Bonchev–Trinajstić information content (AvgIpc) is 2.57. The molecule has 0 N–H and O–H groups in total. The molecule has 0 amide bonds. The summed E-state index contributed by atoms with van der Waals surface area (Å²) in [5, 5.41) is 0. The van der Waals surface area contributed by atoms with Gasteiger partial charge in [0.2, 0.25) is 0 Å². The lowest BCUT2D eigenvalue weighted by atomic mass is 10.3. The van der Waals surface area contributed by atoms with Gasteiger partial charge in [-0.1, -0.05) is 6.92 Å². The van der Waals surface area contributed by atoms with E-state index in [2.05, 4.69) is 27.8 Å². The summed E-state index contributed by atoms with van der Waals surface area (Å²) >= 11 is 3.26. The molecule has 0 atom stereocenters. The van der Waals surface area contributed by atoms with E-state index in [9.17, 15) is 4.79 Å². The van der Waals surface area contributed by atoms with Gasteiger partial charge in [-0.05, 0) is 52.7 Å². The van der Waals surface area contributed by atoms with Crippen LogP contribution in [-0.2, 0) is 4.74 Å². The first-order valence-corrected chi connectivity index (χ1v) is 8.11. The van der Waals surface area contributed by atoms with Gasteiger partial charge in [-0.25, -0.2) is 4.79 Å². The van der Waals surface area contributed by atoms with Gasteiger partial charge in [0.1, 0.15) is 24.7 Å². The van der Waals surface area contributed by atoms with Crippen molar-refractivity contribution in [2.24, 2.45) is 0 Å². The van der Waals surface area contributed by atoms with Gasteiger partial charge < -0.3 is 14.2 Å². The molecule has 1 aromatic carbocycles. The maximum Gasteiger partial charge on any atom is 0.339 e. The summed E-state index contributed by atoms with van der Waals surface area (Å²) in [6.45, 7) is 3.20. The molecule has 0 aliphatic heterocycles. The van der Waals surface area contributed by atoms with Crippen LogP contribution in [0, 0.1) is 0 Å². The van der Waals surface area contributed by atoms with E-state index < -0.39 is 5.97 Å². The fourth-order valence-electron chi connectivity index (χ4n) is 1.75. The summed E-state index contributed by atoms with van der Waals surface area (Å²) in [7, 11) is 0. The van der Waals surface area contributed by atoms with Crippen molar-refractivity contribution in [2.45, 2.75) is 13.3 Å². The molecule has 122 valence electrons. The number of pyridine rings is 1. The normalized spacial score (nSPS) is 10.2. The van der Waals surface area contributed by atoms with Crippen molar-refractivity contribution in [3.63, 3.8) is 0 Å². The van der Waals surface area contributed by atoms with Crippen LogP contribution in [0.3, 0.4) is 0 Å². The lowest BCUT2D eigenvalue weighted by Gasteiger charge is -2.09. The van der Waals surface area contributed by atoms with Gasteiger partial charge in [-0.2, -0.15) is 0 Å². The van der Waals surface area contributed by atoms with Crippen LogP contribution in [0.15, 0.2) is 47.2 Å². The van der Waals surface area contributed by atoms with Gasteiger partial charge in [0.05, 0.1) is 12.2 Å². The number of hydrogen-bond donors (Lipinski definition) is 0. The molecule has 0 spiro atoms. The van der Waals surface area contributed by atoms with Crippen LogP contribution in [0.5, 0.6) is 11.5 Å². The average molecular weight is 380 g/mol. The molecule has 2 aromatic rings. The van der Waals surface area contributed by atoms with Crippen molar-refractivity contribution in [1.82, 2.24) is 4.98 Å². The molecule has 1 aromatic heterocycles. The number of rotatable bonds is 8. The Morgan fingerprint density at radius 1 is 1.04 bits per heavy atom. The van der Waals surface area contributed by atoms with E-state index in [1.807, 2.05) is 24.3 Å². The quantitative estimate of drug-likeness (QED) is 0.514. The van der Waals surface area contributed by atoms with Gasteiger partial charge in [-0.15, -0.1) is 0 Å². The Bertz CT molecular complexity index is 631. The Balaban J connectivity index is 1.71. The molecule has 0 radical (unpaired) electrons. The molecule has 0 unspecified atom stereocenters. The highest BCUT2D eigenvalue weighted by Gasteiger charge is 2.07. The number of aromatic nitrogens is 1. The first-order valence-electron chi connectivity index (χ1n) is 7.32. The molecule has 1 heterocycles. The number of hydrogen-bond acceptors (Lipinski definition) is 5. The minimum atomic E-state index is -0.425. The number of ether oxygens (including phenoxy) is 3. The first kappa shape index (κ1) is 17.3. The monoisotopic (exact) mass is 379 g/mol. The van der Waals surface area contributed by atoms with Gasteiger partial charge >= 0.3 is 5.97 Å². The van der Waals surface area contributed by atoms with Crippen LogP contribution < -0.4 is 9.47 Å². The summed E-state index contributed by atoms with van der Waals surface area (Å²) in [5.41, 5.74) is 0.400. The van der Waals surface area contributed by atoms with Crippen LogP contribution in [0.25, 0.3) is 0 Å². The Morgan fingerprint density at radius 2 is 1.70 bits per heavy atom. The SMILES string of the molecule is CCCOc1ccc(OCCOC(=O)c2cncc(Br)c2)cc1. The zero-order valence-electron chi connectivity index (χ0n) is 12.8. The van der Waals surface area contributed by atoms with Crippen molar-refractivity contribution in [3.8, 4) is 11.5 Å². The molecule has 0 saturated carbocycles. The minimum absolute atomic E-state index is 0.166. The summed E-state index contributed by atoms with van der Waals surface area (Å²) in [6.07, 6.45) is 4.04. The second-order valence-corrected chi connectivity index (χ2v) is 5.61. The van der Waals surface area contributed by atoms with E-state index in [0.717, 1.165) is 16.6 Å². The van der Waals surface area contributed by atoms with Crippen LogP contribution in [0.1, 0.15) is 23.7 Å². The largest absolute Gasteiger partial charge is 0.494 e. The molecule has 0 fully saturated rings. The zero-order valence-corrected chi connectivity index (χ0v) is 14.4. The van der Waals surface area contributed by atoms with Crippen molar-refractivity contribution in [3.05, 3.63) is 52.8 Å². The Morgan fingerprint density at radius 3 is 2.30 bits per heavy atom. The summed E-state index contributed by atoms with van der Waals surface area (Å²) in [5.74, 6) is 1.09. The topological polar surface area (TPSA) is 57.7 Å². The molecule has 0 bridgehead atoms. The Labute approximate surface area is 143 Å². The van der Waals surface area contributed by atoms with E-state index in [1.165, 1.54) is 6.20 Å². The standard InChI is InChI=1S/C17H18BrNO4/c1-2-7-21-15-3-5-16(6-4-15)22-8-9-23-17(20)13-10-14(18)12-19-11-13/h3-6,10-12H,2,7-9H2,1H3. The second kappa shape index (κ2) is 9.15. The molecule has 0 aliphatic carbocycles. The third-order valence-corrected chi connectivity index (χ3v) is 3.26. The fourth-order valence-corrected chi connectivity index (χ4v) is 2.12. The third-order valence-electron chi connectivity index (χ3n) is 2.82. The highest BCUT2D eigenvalue weighted by atomic mass is 79.9. The van der Waals surface area contributed by atoms with Gasteiger partial charge in [-0.3, -0.25) is 4.98 Å². The molecular weight excluding hydrogens is 362 g/mol. The number of carbonyl (C=O) groups excluding carboxylic acids is 1. The number of esters is 1. The summed E-state index contributed by atoms with van der Waals surface area (Å²) in [6, 6.07) is 9.01. The Kier molecular flexibility index (Phi) is 6.87. The molecule has 23 heavy (non-hydrogen) atoms. The fraction of sp³-hybridized carbons (Fsp3) is 0.294. The molecule has 2 rings (SSSR count). The van der Waals surface area contributed by atoms with E-state index in [4.69, 9.17) is 14.2 Å². The van der Waals surface area contributed by atoms with E-state index in [1.54, 1.807) is 12.3 Å². The first-order chi connectivity index (χ1) is 11.2. The van der Waals surface area contributed by atoms with Gasteiger partial charge in [0.15, 0.2) is 0 Å². The van der Waals surface area contributed by atoms with Crippen LogP contribution >= 0.6 is 15.9 Å². The Hall–Kier alpha value is -2.08. The van der Waals surface area contributed by atoms with Crippen molar-refractivity contribution < 1.29 is 19.0 Å². The molecule has 6 heteroatoms. The smallest absolute Gasteiger partial charge is 0.339 e. The number of benzene rings is 1. The van der Waals surface area contributed by atoms with E-state index in [0.29, 0.717) is 17.9 Å². The van der Waals surface area contributed by atoms with Crippen LogP contribution in [0.2, 0.25) is 0 Å². The molecular formula is C17H18BrNO4. The van der Waals surface area contributed by atoms with Crippen molar-refractivity contribution >= 4 is 21.9 Å². The van der Waals surface area contributed by atoms with Gasteiger partial charge in [0, 0.05) is 16.9 Å². The maximum absolute atomic E-state index is 11.8. The highest BCUT2D eigenvalue weighted by Crippen LogP contribution is 2.17. The number of nitrogens with zero attached hydrogens (tertiary/aromatic N) is 1. The number of carbonyl (C=O) groups is 1. The van der Waals surface area contributed by atoms with Crippen molar-refractivity contribution in [2.75, 3.05) is 19.8 Å². The van der Waals surface area contributed by atoms with Crippen molar-refractivity contribution in [1.29, 1.82) is 0 Å². The maximum atomic E-state index is 11.8. The predicted octanol–water partition coefficient (Wildman–Crippen LogP) is 3.87.